The van der Waals surface area contributed by atoms with E-state index in [1.54, 1.807) is 33.8 Å². The molecule has 4 nitrogen and oxygen atoms in total. The Morgan fingerprint density at radius 3 is 2.50 bits per heavy atom. The van der Waals surface area contributed by atoms with E-state index < -0.39 is 17.7 Å². The van der Waals surface area contributed by atoms with Gasteiger partial charge in [0.2, 0.25) is 0 Å². The molecular weight excluding hydrogens is 254 g/mol. The molecule has 0 aromatic heterocycles. The first-order valence-corrected chi connectivity index (χ1v) is 6.85. The van der Waals surface area contributed by atoms with Gasteiger partial charge in [0.15, 0.2) is 5.78 Å². The van der Waals surface area contributed by atoms with Crippen LogP contribution in [-0.2, 0) is 11.2 Å². The Kier molecular flexibility index (Phi) is 5.31. The van der Waals surface area contributed by atoms with Crippen LogP contribution in [0.15, 0.2) is 24.3 Å². The Balaban J connectivity index is 2.69. The van der Waals surface area contributed by atoms with Crippen molar-refractivity contribution in [3.05, 3.63) is 35.4 Å². The highest BCUT2D eigenvalue weighted by molar-refractivity contribution is 6.01. The lowest BCUT2D eigenvalue weighted by Gasteiger charge is -2.21. The lowest BCUT2D eigenvalue weighted by Crippen LogP contribution is -2.41. The summed E-state index contributed by atoms with van der Waals surface area (Å²) in [6.45, 7) is 9.04. The zero-order valence-electron chi connectivity index (χ0n) is 12.8. The van der Waals surface area contributed by atoms with E-state index in [-0.39, 0.29) is 5.78 Å². The number of aryl methyl sites for hydroxylation is 1. The van der Waals surface area contributed by atoms with Crippen LogP contribution in [0.5, 0.6) is 0 Å². The van der Waals surface area contributed by atoms with E-state index in [0.717, 1.165) is 12.0 Å². The Morgan fingerprint density at radius 1 is 1.30 bits per heavy atom. The number of amides is 1. The van der Waals surface area contributed by atoms with Crippen molar-refractivity contribution < 1.29 is 14.3 Å². The molecule has 110 valence electrons. The van der Waals surface area contributed by atoms with Crippen molar-refractivity contribution in [2.24, 2.45) is 0 Å². The third-order valence-corrected chi connectivity index (χ3v) is 2.75. The van der Waals surface area contributed by atoms with E-state index in [2.05, 4.69) is 5.32 Å². The summed E-state index contributed by atoms with van der Waals surface area (Å²) in [4.78, 5) is 23.9. The number of nitrogens with one attached hydrogen (secondary N) is 1. The molecule has 0 saturated heterocycles. The van der Waals surface area contributed by atoms with E-state index in [1.807, 2.05) is 25.1 Å². The molecule has 1 N–H and O–H groups in total. The smallest absolute Gasteiger partial charge is 0.408 e. The molecule has 1 aromatic carbocycles. The van der Waals surface area contributed by atoms with E-state index in [4.69, 9.17) is 4.74 Å². The van der Waals surface area contributed by atoms with Crippen molar-refractivity contribution in [3.8, 4) is 0 Å². The van der Waals surface area contributed by atoms with Gasteiger partial charge >= 0.3 is 6.09 Å². The van der Waals surface area contributed by atoms with Crippen molar-refractivity contribution in [3.63, 3.8) is 0 Å². The van der Waals surface area contributed by atoms with Gasteiger partial charge in [-0.2, -0.15) is 0 Å². The lowest BCUT2D eigenvalue weighted by molar-refractivity contribution is 0.0497. The van der Waals surface area contributed by atoms with Crippen LogP contribution in [0.25, 0.3) is 0 Å². The maximum absolute atomic E-state index is 12.2. The number of hydrogen-bond donors (Lipinski definition) is 1. The second-order valence-electron chi connectivity index (χ2n) is 5.79. The topological polar surface area (TPSA) is 55.4 Å². The second-order valence-corrected chi connectivity index (χ2v) is 5.79. The number of ether oxygens (including phenoxy) is 1. The number of alkyl carbamates (subject to hydrolysis) is 1. The molecule has 0 fully saturated rings. The van der Waals surface area contributed by atoms with E-state index in [1.165, 1.54) is 0 Å². The molecule has 0 unspecified atom stereocenters. The molecular formula is C16H23NO3. The first kappa shape index (κ1) is 16.2. The summed E-state index contributed by atoms with van der Waals surface area (Å²) < 4.78 is 5.14. The number of carbonyl (C=O) groups is 2. The molecule has 4 heteroatoms. The normalized spacial score (nSPS) is 12.7. The van der Waals surface area contributed by atoms with Gasteiger partial charge in [-0.25, -0.2) is 4.79 Å². The number of ketones is 1. The van der Waals surface area contributed by atoms with Crippen LogP contribution < -0.4 is 5.32 Å². The molecule has 0 aliphatic carbocycles. The molecule has 1 amide bonds. The molecule has 20 heavy (non-hydrogen) atoms. The molecule has 0 radical (unpaired) electrons. The fourth-order valence-electron chi connectivity index (χ4n) is 1.74. The average molecular weight is 277 g/mol. The predicted molar refractivity (Wildman–Crippen MR) is 79.0 cm³/mol. The zero-order valence-corrected chi connectivity index (χ0v) is 12.8. The summed E-state index contributed by atoms with van der Waals surface area (Å²) in [5.41, 5.74) is 1.13. The SMILES string of the molecule is CCc1cccc(C(=O)[C@H](C)NC(=O)OC(C)(C)C)c1. The molecule has 1 rings (SSSR count). The van der Waals surface area contributed by atoms with Gasteiger partial charge in [0.1, 0.15) is 5.60 Å². The van der Waals surface area contributed by atoms with E-state index in [0.29, 0.717) is 5.56 Å². The van der Waals surface area contributed by atoms with Crippen LogP contribution >= 0.6 is 0 Å². The number of benzene rings is 1. The quantitative estimate of drug-likeness (QED) is 0.859. The molecule has 1 atom stereocenters. The molecule has 0 aliphatic heterocycles. The van der Waals surface area contributed by atoms with Gasteiger partial charge < -0.3 is 10.1 Å². The van der Waals surface area contributed by atoms with Crippen molar-refractivity contribution >= 4 is 11.9 Å². The molecule has 0 bridgehead atoms. The fourth-order valence-corrected chi connectivity index (χ4v) is 1.74. The van der Waals surface area contributed by atoms with Crippen LogP contribution in [-0.4, -0.2) is 23.5 Å². The first-order valence-electron chi connectivity index (χ1n) is 6.85. The highest BCUT2D eigenvalue weighted by atomic mass is 16.6. The monoisotopic (exact) mass is 277 g/mol. The minimum atomic E-state index is -0.614. The van der Waals surface area contributed by atoms with Crippen LogP contribution in [0, 0.1) is 0 Å². The third-order valence-electron chi connectivity index (χ3n) is 2.75. The van der Waals surface area contributed by atoms with Gasteiger partial charge in [-0.05, 0) is 45.7 Å². The number of hydrogen-bond acceptors (Lipinski definition) is 3. The third kappa shape index (κ3) is 5.03. The largest absolute Gasteiger partial charge is 0.444 e. The van der Waals surface area contributed by atoms with Crippen LogP contribution in [0.1, 0.15) is 50.5 Å². The first-order chi connectivity index (χ1) is 9.23. The molecule has 1 aromatic rings. The van der Waals surface area contributed by atoms with Crippen molar-refractivity contribution in [1.29, 1.82) is 0 Å². The summed E-state index contributed by atoms with van der Waals surface area (Å²) in [6.07, 6.45) is 0.291. The van der Waals surface area contributed by atoms with Gasteiger partial charge in [-0.15, -0.1) is 0 Å². The highest BCUT2D eigenvalue weighted by Crippen LogP contribution is 2.10. The number of Topliss-reactive ketones (excluding diaryl/α,β-unsaturated/α-hetero) is 1. The maximum Gasteiger partial charge on any atom is 0.408 e. The average Bonchev–Trinajstić information content (AvgIpc) is 2.35. The van der Waals surface area contributed by atoms with Crippen molar-refractivity contribution in [2.75, 3.05) is 0 Å². The van der Waals surface area contributed by atoms with Crippen LogP contribution in [0.2, 0.25) is 0 Å². The number of rotatable bonds is 4. The Morgan fingerprint density at radius 2 is 1.95 bits per heavy atom. The summed E-state index contributed by atoms with van der Waals surface area (Å²) in [5.74, 6) is -0.119. The summed E-state index contributed by atoms with van der Waals surface area (Å²) in [7, 11) is 0. The van der Waals surface area contributed by atoms with Crippen LogP contribution in [0.4, 0.5) is 4.79 Å². The number of carbonyl (C=O) groups excluding carboxylic acids is 2. The standard InChI is InChI=1S/C16H23NO3/c1-6-12-8-7-9-13(10-12)14(18)11(2)17-15(19)20-16(3,4)5/h7-11H,6H2,1-5H3,(H,17,19)/t11-/m0/s1. The van der Waals surface area contributed by atoms with Crippen LogP contribution in [0.3, 0.4) is 0 Å². The Hall–Kier alpha value is -1.84. The van der Waals surface area contributed by atoms with Crippen molar-refractivity contribution in [2.45, 2.75) is 52.7 Å². The van der Waals surface area contributed by atoms with E-state index in [9.17, 15) is 9.59 Å². The zero-order chi connectivity index (χ0) is 15.3. The summed E-state index contributed by atoms with van der Waals surface area (Å²) in [6, 6.07) is 6.83. The van der Waals surface area contributed by atoms with Gasteiger partial charge in [0.05, 0.1) is 6.04 Å². The molecule has 0 saturated carbocycles. The second kappa shape index (κ2) is 6.55. The summed E-state index contributed by atoms with van der Waals surface area (Å²) >= 11 is 0. The molecule has 0 aliphatic rings. The highest BCUT2D eigenvalue weighted by Gasteiger charge is 2.21. The lowest BCUT2D eigenvalue weighted by atomic mass is 10.0. The predicted octanol–water partition coefficient (Wildman–Crippen LogP) is 3.34. The Labute approximate surface area is 120 Å². The fraction of sp³-hybridized carbons (Fsp3) is 0.500. The Bertz CT molecular complexity index is 489. The van der Waals surface area contributed by atoms with Gasteiger partial charge in [0.25, 0.3) is 0 Å². The summed E-state index contributed by atoms with van der Waals surface area (Å²) in [5, 5.41) is 2.56. The van der Waals surface area contributed by atoms with Crippen molar-refractivity contribution in [1.82, 2.24) is 5.32 Å². The van der Waals surface area contributed by atoms with Gasteiger partial charge in [0, 0.05) is 5.56 Å². The van der Waals surface area contributed by atoms with Gasteiger partial charge in [-0.1, -0.05) is 25.1 Å². The van der Waals surface area contributed by atoms with Gasteiger partial charge in [-0.3, -0.25) is 4.79 Å². The minimum Gasteiger partial charge on any atom is -0.444 e. The van der Waals surface area contributed by atoms with E-state index >= 15 is 0 Å². The molecule has 0 heterocycles. The maximum atomic E-state index is 12.2. The minimum absolute atomic E-state index is 0.119. The molecule has 0 spiro atoms.